The molecule has 5 aromatic rings. The minimum atomic E-state index is -0.198. The maximum atomic E-state index is 13.6. The summed E-state index contributed by atoms with van der Waals surface area (Å²) in [5.41, 5.74) is 4.43. The molecule has 0 radical (unpaired) electrons. The number of hydrogen-bond donors (Lipinski definition) is 0. The van der Waals surface area contributed by atoms with Crippen molar-refractivity contribution in [2.45, 2.75) is 13.5 Å². The molecule has 0 N–H and O–H groups in total. The molecule has 3 heterocycles. The van der Waals surface area contributed by atoms with Crippen LogP contribution in [-0.4, -0.2) is 37.4 Å². The molecule has 7 nitrogen and oxygen atoms in total. The van der Waals surface area contributed by atoms with Gasteiger partial charge in [0.2, 0.25) is 5.78 Å². The molecule has 0 bridgehead atoms. The molecule has 8 heteroatoms. The van der Waals surface area contributed by atoms with E-state index in [1.54, 1.807) is 36.4 Å². The van der Waals surface area contributed by atoms with Gasteiger partial charge in [0.25, 0.3) is 0 Å². The van der Waals surface area contributed by atoms with Crippen LogP contribution in [0.5, 0.6) is 5.75 Å². The summed E-state index contributed by atoms with van der Waals surface area (Å²) < 4.78 is 9.10. The summed E-state index contributed by atoms with van der Waals surface area (Å²) in [4.78, 5) is 17.7. The normalized spacial score (nSPS) is 11.1. The first-order chi connectivity index (χ1) is 16.0. The lowest BCUT2D eigenvalue weighted by atomic mass is 10.0. The van der Waals surface area contributed by atoms with E-state index in [0.29, 0.717) is 22.9 Å². The number of halogens is 1. The quantitative estimate of drug-likeness (QED) is 0.340. The minimum Gasteiger partial charge on any atom is -0.497 e. The molecule has 0 aliphatic carbocycles. The van der Waals surface area contributed by atoms with Gasteiger partial charge in [-0.25, -0.2) is 4.68 Å². The highest BCUT2D eigenvalue weighted by molar-refractivity contribution is 6.30. The molecule has 164 valence electrons. The van der Waals surface area contributed by atoms with E-state index in [9.17, 15) is 4.79 Å². The lowest BCUT2D eigenvalue weighted by Crippen LogP contribution is -2.06. The summed E-state index contributed by atoms with van der Waals surface area (Å²) in [5, 5.41) is 9.76. The SMILES string of the molecule is COc1ccc2c(c1)c(C(=O)c1cn(-c3cccnc3)nn1)c(C)n2Cc1ccc(Cl)cc1. The Hall–Kier alpha value is -3.97. The van der Waals surface area contributed by atoms with Gasteiger partial charge in [0.05, 0.1) is 30.8 Å². The van der Waals surface area contributed by atoms with Gasteiger partial charge < -0.3 is 9.30 Å². The van der Waals surface area contributed by atoms with Crippen LogP contribution in [0.2, 0.25) is 5.02 Å². The van der Waals surface area contributed by atoms with Gasteiger partial charge in [-0.15, -0.1) is 5.10 Å². The predicted octanol–water partition coefficient (Wildman–Crippen LogP) is 4.87. The maximum Gasteiger partial charge on any atom is 0.217 e. The molecule has 0 unspecified atom stereocenters. The van der Waals surface area contributed by atoms with E-state index in [1.165, 1.54) is 0 Å². The van der Waals surface area contributed by atoms with Crippen LogP contribution in [0.1, 0.15) is 27.3 Å². The number of pyridine rings is 1. The van der Waals surface area contributed by atoms with Crippen LogP contribution in [0.25, 0.3) is 16.6 Å². The molecule has 0 atom stereocenters. The number of carbonyl (C=O) groups is 1. The van der Waals surface area contributed by atoms with Gasteiger partial charge in [-0.2, -0.15) is 0 Å². The molecule has 0 fully saturated rings. The molecule has 0 aliphatic rings. The zero-order valence-electron chi connectivity index (χ0n) is 18.1. The molecular weight excluding hydrogens is 438 g/mol. The van der Waals surface area contributed by atoms with E-state index >= 15 is 0 Å². The van der Waals surface area contributed by atoms with E-state index < -0.39 is 0 Å². The van der Waals surface area contributed by atoms with Crippen molar-refractivity contribution in [2.75, 3.05) is 7.11 Å². The van der Waals surface area contributed by atoms with Gasteiger partial charge in [-0.05, 0) is 55.0 Å². The van der Waals surface area contributed by atoms with Crippen LogP contribution in [0.4, 0.5) is 0 Å². The molecule has 3 aromatic heterocycles. The zero-order valence-corrected chi connectivity index (χ0v) is 18.8. The first-order valence-electron chi connectivity index (χ1n) is 10.3. The van der Waals surface area contributed by atoms with Crippen LogP contribution in [0.15, 0.2) is 73.2 Å². The van der Waals surface area contributed by atoms with Crippen molar-refractivity contribution in [1.82, 2.24) is 24.5 Å². The fraction of sp³-hybridized carbons (Fsp3) is 0.120. The van der Waals surface area contributed by atoms with Crippen LogP contribution >= 0.6 is 11.6 Å². The van der Waals surface area contributed by atoms with E-state index in [1.807, 2.05) is 55.5 Å². The van der Waals surface area contributed by atoms with Crippen LogP contribution in [0, 0.1) is 6.92 Å². The highest BCUT2D eigenvalue weighted by Crippen LogP contribution is 2.31. The number of carbonyl (C=O) groups excluding carboxylic acids is 1. The number of ether oxygens (including phenoxy) is 1. The van der Waals surface area contributed by atoms with E-state index in [-0.39, 0.29) is 11.5 Å². The Kier molecular flexibility index (Phi) is 5.40. The fourth-order valence-electron chi connectivity index (χ4n) is 3.96. The lowest BCUT2D eigenvalue weighted by molar-refractivity contribution is 0.103. The van der Waals surface area contributed by atoms with Crippen LogP contribution < -0.4 is 4.74 Å². The van der Waals surface area contributed by atoms with Gasteiger partial charge in [0.15, 0.2) is 5.69 Å². The topological polar surface area (TPSA) is 74.8 Å². The first-order valence-corrected chi connectivity index (χ1v) is 10.7. The third kappa shape index (κ3) is 3.87. The highest BCUT2D eigenvalue weighted by atomic mass is 35.5. The monoisotopic (exact) mass is 457 g/mol. The first kappa shape index (κ1) is 20.9. The van der Waals surface area contributed by atoms with Crippen LogP contribution in [0.3, 0.4) is 0 Å². The Balaban J connectivity index is 1.61. The largest absolute Gasteiger partial charge is 0.497 e. The Morgan fingerprint density at radius 3 is 2.67 bits per heavy atom. The molecule has 0 saturated carbocycles. The van der Waals surface area contributed by atoms with Crippen molar-refractivity contribution in [1.29, 1.82) is 0 Å². The van der Waals surface area contributed by atoms with Gasteiger partial charge in [-0.1, -0.05) is 28.9 Å². The van der Waals surface area contributed by atoms with Crippen molar-refractivity contribution < 1.29 is 9.53 Å². The second-order valence-corrected chi connectivity index (χ2v) is 8.08. The number of nitrogens with zero attached hydrogens (tertiary/aromatic N) is 5. The summed E-state index contributed by atoms with van der Waals surface area (Å²) in [6.07, 6.45) is 4.97. The Morgan fingerprint density at radius 1 is 1.12 bits per heavy atom. The summed E-state index contributed by atoms with van der Waals surface area (Å²) in [6, 6.07) is 17.1. The standard InChI is InChI=1S/C25H20ClN5O2/c1-16-24(25(32)22-15-31(29-28-22)19-4-3-11-27-13-19)21-12-20(33-2)9-10-23(21)30(16)14-17-5-7-18(26)8-6-17/h3-13,15H,14H2,1-2H3. The third-order valence-electron chi connectivity index (χ3n) is 5.65. The molecule has 0 saturated heterocycles. The minimum absolute atomic E-state index is 0.198. The predicted molar refractivity (Wildman–Crippen MR) is 126 cm³/mol. The number of hydrogen-bond acceptors (Lipinski definition) is 5. The van der Waals surface area contributed by atoms with Crippen molar-refractivity contribution in [3.05, 3.63) is 101 Å². The molecule has 0 aliphatic heterocycles. The Bertz CT molecular complexity index is 1460. The van der Waals surface area contributed by atoms with Gasteiger partial charge >= 0.3 is 0 Å². The summed E-state index contributed by atoms with van der Waals surface area (Å²) in [5.74, 6) is 0.481. The molecule has 0 spiro atoms. The van der Waals surface area contributed by atoms with Crippen molar-refractivity contribution in [3.8, 4) is 11.4 Å². The van der Waals surface area contributed by atoms with Crippen molar-refractivity contribution in [2.24, 2.45) is 0 Å². The van der Waals surface area contributed by atoms with Crippen LogP contribution in [-0.2, 0) is 6.54 Å². The molecular formula is C25H20ClN5O2. The molecule has 0 amide bonds. The molecule has 5 rings (SSSR count). The number of ketones is 1. The maximum absolute atomic E-state index is 13.6. The van der Waals surface area contributed by atoms with Gasteiger partial charge in [0, 0.05) is 34.4 Å². The fourth-order valence-corrected chi connectivity index (χ4v) is 4.09. The zero-order chi connectivity index (χ0) is 22.9. The smallest absolute Gasteiger partial charge is 0.217 e. The molecule has 2 aromatic carbocycles. The van der Waals surface area contributed by atoms with Gasteiger partial charge in [-0.3, -0.25) is 9.78 Å². The number of methoxy groups -OCH3 is 1. The number of rotatable bonds is 6. The van der Waals surface area contributed by atoms with E-state index in [4.69, 9.17) is 16.3 Å². The third-order valence-corrected chi connectivity index (χ3v) is 5.90. The number of aromatic nitrogens is 5. The summed E-state index contributed by atoms with van der Waals surface area (Å²) >= 11 is 6.05. The lowest BCUT2D eigenvalue weighted by Gasteiger charge is -2.09. The van der Waals surface area contributed by atoms with Gasteiger partial charge in [0.1, 0.15) is 5.75 Å². The Labute approximate surface area is 195 Å². The average molecular weight is 458 g/mol. The molecule has 33 heavy (non-hydrogen) atoms. The second-order valence-electron chi connectivity index (χ2n) is 7.64. The van der Waals surface area contributed by atoms with Crippen molar-refractivity contribution in [3.63, 3.8) is 0 Å². The van der Waals surface area contributed by atoms with E-state index in [0.717, 1.165) is 27.8 Å². The van der Waals surface area contributed by atoms with Crippen molar-refractivity contribution >= 4 is 28.3 Å². The Morgan fingerprint density at radius 2 is 1.94 bits per heavy atom. The summed E-state index contributed by atoms with van der Waals surface area (Å²) in [6.45, 7) is 2.54. The number of fused-ring (bicyclic) bond motifs is 1. The highest BCUT2D eigenvalue weighted by Gasteiger charge is 2.24. The van der Waals surface area contributed by atoms with E-state index in [2.05, 4.69) is 19.9 Å². The average Bonchev–Trinajstić information content (AvgIpc) is 3.44. The summed E-state index contributed by atoms with van der Waals surface area (Å²) in [7, 11) is 1.61. The number of benzene rings is 2. The second kappa shape index (κ2) is 8.52.